The van der Waals surface area contributed by atoms with E-state index in [4.69, 9.17) is 9.84 Å². The molecule has 0 aromatic heterocycles. The molecule has 1 aromatic carbocycles. The van der Waals surface area contributed by atoms with Crippen molar-refractivity contribution < 1.29 is 24.2 Å². The number of amides is 2. The molecule has 7 heteroatoms. The molecular formula is C18H24N2O5. The summed E-state index contributed by atoms with van der Waals surface area (Å²) in [5.41, 5.74) is 1.33. The smallest absolute Gasteiger partial charge is 0.334 e. The van der Waals surface area contributed by atoms with E-state index < -0.39 is 12.1 Å². The van der Waals surface area contributed by atoms with Crippen LogP contribution in [0.3, 0.4) is 0 Å². The van der Waals surface area contributed by atoms with E-state index in [1.54, 1.807) is 24.3 Å². The minimum absolute atomic E-state index is 0.0959. The van der Waals surface area contributed by atoms with Gasteiger partial charge in [-0.15, -0.1) is 0 Å². The summed E-state index contributed by atoms with van der Waals surface area (Å²) in [6.45, 7) is 0.325. The predicted molar refractivity (Wildman–Crippen MR) is 91.0 cm³/mol. The van der Waals surface area contributed by atoms with E-state index in [2.05, 4.69) is 10.6 Å². The fourth-order valence-electron chi connectivity index (χ4n) is 2.85. The monoisotopic (exact) mass is 348 g/mol. The molecule has 1 unspecified atom stereocenters. The zero-order valence-electron chi connectivity index (χ0n) is 14.3. The third-order valence-corrected chi connectivity index (χ3v) is 4.42. The maximum atomic E-state index is 12.0. The lowest BCUT2D eigenvalue weighted by Crippen LogP contribution is -2.37. The molecule has 0 radical (unpaired) electrons. The fourth-order valence-corrected chi connectivity index (χ4v) is 2.85. The molecule has 1 aliphatic rings. The van der Waals surface area contributed by atoms with E-state index in [1.807, 2.05) is 0 Å². The van der Waals surface area contributed by atoms with Crippen LogP contribution in [0.5, 0.6) is 0 Å². The van der Waals surface area contributed by atoms with Crippen LogP contribution in [0.4, 0.5) is 0 Å². The van der Waals surface area contributed by atoms with Gasteiger partial charge in [0.05, 0.1) is 6.54 Å². The van der Waals surface area contributed by atoms with Crippen LogP contribution in [0.15, 0.2) is 24.3 Å². The van der Waals surface area contributed by atoms with E-state index in [0.717, 1.165) is 31.2 Å². The highest BCUT2D eigenvalue weighted by Gasteiger charge is 2.22. The Balaban J connectivity index is 1.81. The number of hydrogen-bond donors (Lipinski definition) is 3. The average Bonchev–Trinajstić information content (AvgIpc) is 3.15. The van der Waals surface area contributed by atoms with Crippen molar-refractivity contribution in [1.82, 2.24) is 10.6 Å². The largest absolute Gasteiger partial charge is 0.479 e. The second-order valence-electron chi connectivity index (χ2n) is 6.17. The summed E-state index contributed by atoms with van der Waals surface area (Å²) >= 11 is 0. The number of hydrogen-bond acceptors (Lipinski definition) is 4. The zero-order valence-corrected chi connectivity index (χ0v) is 14.3. The van der Waals surface area contributed by atoms with Crippen LogP contribution in [0, 0.1) is 5.92 Å². The molecule has 7 nitrogen and oxygen atoms in total. The third kappa shape index (κ3) is 5.56. The Kier molecular flexibility index (Phi) is 6.94. The van der Waals surface area contributed by atoms with Gasteiger partial charge in [0.25, 0.3) is 5.91 Å². The first-order chi connectivity index (χ1) is 12.0. The molecule has 0 aliphatic heterocycles. The maximum Gasteiger partial charge on any atom is 0.334 e. The number of ether oxygens (including phenoxy) is 1. The van der Waals surface area contributed by atoms with Crippen molar-refractivity contribution in [2.75, 3.05) is 13.7 Å². The Morgan fingerprint density at radius 1 is 1.16 bits per heavy atom. The molecule has 3 N–H and O–H groups in total. The van der Waals surface area contributed by atoms with Gasteiger partial charge in [0.1, 0.15) is 0 Å². The molecule has 2 rings (SSSR count). The molecule has 136 valence electrons. The molecule has 1 aliphatic carbocycles. The minimum Gasteiger partial charge on any atom is -0.479 e. The van der Waals surface area contributed by atoms with Gasteiger partial charge in [-0.05, 0) is 30.5 Å². The van der Waals surface area contributed by atoms with Crippen LogP contribution in [0.1, 0.15) is 41.6 Å². The Morgan fingerprint density at radius 2 is 1.80 bits per heavy atom. The Hall–Kier alpha value is -2.41. The molecule has 0 heterocycles. The van der Waals surface area contributed by atoms with Gasteiger partial charge in [0.15, 0.2) is 6.10 Å². The molecular weight excluding hydrogens is 324 g/mol. The molecule has 0 saturated heterocycles. The molecule has 1 atom stereocenters. The van der Waals surface area contributed by atoms with Gasteiger partial charge in [0.2, 0.25) is 5.91 Å². The molecule has 1 aromatic rings. The van der Waals surface area contributed by atoms with E-state index in [0.29, 0.717) is 12.1 Å². The average molecular weight is 348 g/mol. The molecule has 1 saturated carbocycles. The van der Waals surface area contributed by atoms with E-state index in [-0.39, 0.29) is 24.3 Å². The number of rotatable bonds is 8. The first kappa shape index (κ1) is 18.9. The lowest BCUT2D eigenvalue weighted by atomic mass is 10.1. The van der Waals surface area contributed by atoms with Gasteiger partial charge >= 0.3 is 5.97 Å². The summed E-state index contributed by atoms with van der Waals surface area (Å²) in [6, 6.07) is 6.84. The standard InChI is InChI=1S/C18H24N2O5/c1-25-15(18(23)24)11-20-17(22)14-8-6-12(7-9-14)10-19-16(21)13-4-2-3-5-13/h6-9,13,15H,2-5,10-11H2,1H3,(H,19,21)(H,20,22)(H,23,24). The third-order valence-electron chi connectivity index (χ3n) is 4.42. The molecule has 1 fully saturated rings. The number of nitrogens with one attached hydrogen (secondary N) is 2. The van der Waals surface area contributed by atoms with Crippen molar-refractivity contribution >= 4 is 17.8 Å². The van der Waals surface area contributed by atoms with Crippen LogP contribution < -0.4 is 10.6 Å². The first-order valence-corrected chi connectivity index (χ1v) is 8.41. The van der Waals surface area contributed by atoms with Crippen LogP contribution in [-0.2, 0) is 20.9 Å². The van der Waals surface area contributed by atoms with Crippen LogP contribution in [0.25, 0.3) is 0 Å². The summed E-state index contributed by atoms with van der Waals surface area (Å²) < 4.78 is 4.76. The summed E-state index contributed by atoms with van der Waals surface area (Å²) in [5, 5.41) is 14.3. The van der Waals surface area contributed by atoms with Crippen molar-refractivity contribution in [3.8, 4) is 0 Å². The SMILES string of the molecule is COC(CNC(=O)c1ccc(CNC(=O)C2CCCC2)cc1)C(=O)O. The van der Waals surface area contributed by atoms with Gasteiger partial charge in [-0.2, -0.15) is 0 Å². The van der Waals surface area contributed by atoms with Gasteiger partial charge in [-0.1, -0.05) is 25.0 Å². The van der Waals surface area contributed by atoms with Crippen LogP contribution in [0.2, 0.25) is 0 Å². The molecule has 25 heavy (non-hydrogen) atoms. The number of carbonyl (C=O) groups excluding carboxylic acids is 2. The lowest BCUT2D eigenvalue weighted by Gasteiger charge is -2.12. The van der Waals surface area contributed by atoms with E-state index in [9.17, 15) is 14.4 Å². The van der Waals surface area contributed by atoms with Gasteiger partial charge < -0.3 is 20.5 Å². The van der Waals surface area contributed by atoms with Crippen molar-refractivity contribution in [3.05, 3.63) is 35.4 Å². The van der Waals surface area contributed by atoms with Gasteiger partial charge in [0, 0.05) is 25.1 Å². The highest BCUT2D eigenvalue weighted by atomic mass is 16.5. The summed E-state index contributed by atoms with van der Waals surface area (Å²) in [4.78, 5) is 34.8. The number of methoxy groups -OCH3 is 1. The zero-order chi connectivity index (χ0) is 18.2. The highest BCUT2D eigenvalue weighted by Crippen LogP contribution is 2.24. The van der Waals surface area contributed by atoms with Gasteiger partial charge in [-0.25, -0.2) is 4.79 Å². The Labute approximate surface area is 146 Å². The minimum atomic E-state index is -1.13. The number of carboxylic acid groups (broad SMARTS) is 1. The topological polar surface area (TPSA) is 105 Å². The van der Waals surface area contributed by atoms with Crippen LogP contribution in [-0.4, -0.2) is 42.6 Å². The number of carbonyl (C=O) groups is 3. The van der Waals surface area contributed by atoms with Crippen molar-refractivity contribution in [2.24, 2.45) is 5.92 Å². The second kappa shape index (κ2) is 9.17. The lowest BCUT2D eigenvalue weighted by molar-refractivity contribution is -0.148. The van der Waals surface area contributed by atoms with E-state index in [1.165, 1.54) is 7.11 Å². The number of carboxylic acids is 1. The number of benzene rings is 1. The highest BCUT2D eigenvalue weighted by molar-refractivity contribution is 5.94. The van der Waals surface area contributed by atoms with Crippen molar-refractivity contribution in [1.29, 1.82) is 0 Å². The van der Waals surface area contributed by atoms with Crippen molar-refractivity contribution in [2.45, 2.75) is 38.3 Å². The molecule has 2 amide bonds. The fraction of sp³-hybridized carbons (Fsp3) is 0.500. The second-order valence-corrected chi connectivity index (χ2v) is 6.17. The van der Waals surface area contributed by atoms with Crippen LogP contribution >= 0.6 is 0 Å². The normalized spacial score (nSPS) is 15.6. The number of aliphatic carboxylic acids is 1. The summed E-state index contributed by atoms with van der Waals surface area (Å²) in [6.07, 6.45) is 3.09. The predicted octanol–water partition coefficient (Wildman–Crippen LogP) is 1.32. The quantitative estimate of drug-likeness (QED) is 0.657. The van der Waals surface area contributed by atoms with Gasteiger partial charge in [-0.3, -0.25) is 9.59 Å². The van der Waals surface area contributed by atoms with Crippen molar-refractivity contribution in [3.63, 3.8) is 0 Å². The Morgan fingerprint density at radius 3 is 2.36 bits per heavy atom. The summed E-state index contributed by atoms with van der Waals surface area (Å²) in [5.74, 6) is -1.27. The van der Waals surface area contributed by atoms with E-state index >= 15 is 0 Å². The summed E-state index contributed by atoms with van der Waals surface area (Å²) in [7, 11) is 1.28. The molecule has 0 spiro atoms. The maximum absolute atomic E-state index is 12.0. The molecule has 0 bridgehead atoms. The first-order valence-electron chi connectivity index (χ1n) is 8.41. The Bertz CT molecular complexity index is 608.